The molecule has 27 heavy (non-hydrogen) atoms. The Balaban J connectivity index is 1.75. The van der Waals surface area contributed by atoms with E-state index in [9.17, 15) is 9.59 Å². The van der Waals surface area contributed by atoms with Crippen LogP contribution in [0.25, 0.3) is 0 Å². The van der Waals surface area contributed by atoms with E-state index in [4.69, 9.17) is 9.47 Å². The number of hydrogen-bond acceptors (Lipinski definition) is 5. The molecule has 1 aromatic carbocycles. The van der Waals surface area contributed by atoms with Gasteiger partial charge in [0.1, 0.15) is 5.60 Å². The second-order valence-electron chi connectivity index (χ2n) is 8.71. The number of Topliss-reactive ketones (excluding diaryl/α,β-unsaturated/α-hetero) is 1. The minimum Gasteiger partial charge on any atom is -0.444 e. The molecule has 6 heteroatoms. The lowest BCUT2D eigenvalue weighted by atomic mass is 9.81. The molecule has 2 aliphatic rings. The van der Waals surface area contributed by atoms with E-state index < -0.39 is 5.60 Å². The molecule has 2 heterocycles. The number of ketones is 1. The van der Waals surface area contributed by atoms with Crippen LogP contribution in [0.3, 0.4) is 0 Å². The second-order valence-corrected chi connectivity index (χ2v) is 8.71. The zero-order chi connectivity index (χ0) is 19.8. The van der Waals surface area contributed by atoms with E-state index in [0.29, 0.717) is 26.1 Å². The summed E-state index contributed by atoms with van der Waals surface area (Å²) < 4.78 is 11.2. The molecule has 0 spiro atoms. The van der Waals surface area contributed by atoms with Gasteiger partial charge >= 0.3 is 6.09 Å². The number of anilines is 1. The Morgan fingerprint density at radius 1 is 1.15 bits per heavy atom. The maximum absolute atomic E-state index is 13.1. The third kappa shape index (κ3) is 4.43. The summed E-state index contributed by atoms with van der Waals surface area (Å²) in [5, 5.41) is 0. The second kappa shape index (κ2) is 7.50. The van der Waals surface area contributed by atoms with Crippen molar-refractivity contribution in [2.75, 3.05) is 32.2 Å². The van der Waals surface area contributed by atoms with Crippen molar-refractivity contribution in [1.82, 2.24) is 4.90 Å². The average molecular weight is 374 g/mol. The average Bonchev–Trinajstić information content (AvgIpc) is 2.58. The molecular weight excluding hydrogens is 344 g/mol. The summed E-state index contributed by atoms with van der Waals surface area (Å²) in [6.07, 6.45) is 0.919. The quantitative estimate of drug-likeness (QED) is 0.760. The third-order valence-electron chi connectivity index (χ3n) is 5.14. The van der Waals surface area contributed by atoms with Gasteiger partial charge in [0.05, 0.1) is 25.3 Å². The summed E-state index contributed by atoms with van der Waals surface area (Å²) in [5.74, 6) is 0.0550. The molecule has 2 unspecified atom stereocenters. The molecular formula is C21H30N2O4. The summed E-state index contributed by atoms with van der Waals surface area (Å²) in [6, 6.07) is 7.50. The number of amides is 1. The molecule has 1 aromatic rings. The van der Waals surface area contributed by atoms with Crippen molar-refractivity contribution < 1.29 is 19.1 Å². The summed E-state index contributed by atoms with van der Waals surface area (Å²) in [5.41, 5.74) is 1.21. The van der Waals surface area contributed by atoms with Gasteiger partial charge in [0.15, 0.2) is 5.78 Å². The van der Waals surface area contributed by atoms with Crippen LogP contribution in [0.15, 0.2) is 24.3 Å². The number of carbonyl (C=O) groups excluding carboxylic acids is 2. The first kappa shape index (κ1) is 19.7. The SMILES string of the molecule is CN(C)c1cccc(C(=O)C2CC3COCC(C2)N3C(=O)OC(C)(C)C)c1. The molecule has 0 saturated carbocycles. The fourth-order valence-electron chi connectivity index (χ4n) is 3.92. The number of rotatable bonds is 3. The van der Waals surface area contributed by atoms with E-state index in [0.717, 1.165) is 11.3 Å². The van der Waals surface area contributed by atoms with Crippen molar-refractivity contribution in [2.24, 2.45) is 5.92 Å². The molecule has 1 amide bonds. The molecule has 2 atom stereocenters. The fourth-order valence-corrected chi connectivity index (χ4v) is 3.92. The molecule has 148 valence electrons. The molecule has 6 nitrogen and oxygen atoms in total. The number of fused-ring (bicyclic) bond motifs is 2. The van der Waals surface area contributed by atoms with Crippen molar-refractivity contribution in [3.8, 4) is 0 Å². The van der Waals surface area contributed by atoms with E-state index in [1.807, 2.05) is 64.0 Å². The largest absolute Gasteiger partial charge is 0.444 e. The van der Waals surface area contributed by atoms with Crippen molar-refractivity contribution in [1.29, 1.82) is 0 Å². The maximum atomic E-state index is 13.1. The van der Waals surface area contributed by atoms with E-state index in [1.165, 1.54) is 0 Å². The molecule has 0 aromatic heterocycles. The lowest BCUT2D eigenvalue weighted by molar-refractivity contribution is -0.0861. The first-order valence-electron chi connectivity index (χ1n) is 9.56. The van der Waals surface area contributed by atoms with Gasteiger partial charge in [-0.15, -0.1) is 0 Å². The number of piperidine rings is 1. The standard InChI is InChI=1S/C21H30N2O4/c1-21(2,3)27-20(25)23-17-10-15(11-18(23)13-26-12-17)19(24)14-7-6-8-16(9-14)22(4)5/h6-9,15,17-18H,10-13H2,1-5H3. The summed E-state index contributed by atoms with van der Waals surface area (Å²) in [6.45, 7) is 6.51. The van der Waals surface area contributed by atoms with Crippen LogP contribution in [0, 0.1) is 5.92 Å². The van der Waals surface area contributed by atoms with Crippen LogP contribution in [0.1, 0.15) is 44.0 Å². The molecule has 2 aliphatic heterocycles. The van der Waals surface area contributed by atoms with Crippen molar-refractivity contribution in [3.05, 3.63) is 29.8 Å². The molecule has 2 saturated heterocycles. The molecule has 3 rings (SSSR count). The lowest BCUT2D eigenvalue weighted by Gasteiger charge is -2.47. The Labute approximate surface area is 161 Å². The van der Waals surface area contributed by atoms with Gasteiger partial charge in [0, 0.05) is 31.3 Å². The molecule has 2 fully saturated rings. The molecule has 2 bridgehead atoms. The van der Waals surface area contributed by atoms with Crippen LogP contribution in [-0.2, 0) is 9.47 Å². The number of ether oxygens (including phenoxy) is 2. The normalized spacial score (nSPS) is 25.1. The zero-order valence-corrected chi connectivity index (χ0v) is 16.9. The predicted octanol–water partition coefficient (Wildman–Crippen LogP) is 3.35. The Kier molecular flexibility index (Phi) is 5.47. The smallest absolute Gasteiger partial charge is 0.410 e. The Morgan fingerprint density at radius 2 is 1.78 bits per heavy atom. The van der Waals surface area contributed by atoms with Crippen LogP contribution in [0.5, 0.6) is 0 Å². The van der Waals surface area contributed by atoms with Gasteiger partial charge in [-0.3, -0.25) is 9.69 Å². The van der Waals surface area contributed by atoms with Crippen molar-refractivity contribution >= 4 is 17.6 Å². The number of morpholine rings is 1. The number of hydrogen-bond donors (Lipinski definition) is 0. The Bertz CT molecular complexity index is 696. The third-order valence-corrected chi connectivity index (χ3v) is 5.14. The first-order chi connectivity index (χ1) is 12.7. The summed E-state index contributed by atoms with van der Waals surface area (Å²) in [4.78, 5) is 29.6. The van der Waals surface area contributed by atoms with Gasteiger partial charge in [-0.25, -0.2) is 4.79 Å². The maximum Gasteiger partial charge on any atom is 0.410 e. The minimum absolute atomic E-state index is 0.0972. The summed E-state index contributed by atoms with van der Waals surface area (Å²) in [7, 11) is 3.93. The molecule has 0 aliphatic carbocycles. The summed E-state index contributed by atoms with van der Waals surface area (Å²) >= 11 is 0. The highest BCUT2D eigenvalue weighted by molar-refractivity contribution is 5.98. The lowest BCUT2D eigenvalue weighted by Crippen LogP contribution is -2.60. The number of nitrogens with zero attached hydrogens (tertiary/aromatic N) is 2. The van der Waals surface area contributed by atoms with Crippen molar-refractivity contribution in [2.45, 2.75) is 51.3 Å². The van der Waals surface area contributed by atoms with E-state index in [1.54, 1.807) is 4.90 Å². The van der Waals surface area contributed by atoms with E-state index in [-0.39, 0.29) is 29.9 Å². The van der Waals surface area contributed by atoms with Crippen LogP contribution < -0.4 is 4.90 Å². The fraction of sp³-hybridized carbons (Fsp3) is 0.619. The zero-order valence-electron chi connectivity index (χ0n) is 16.9. The Hall–Kier alpha value is -2.08. The Morgan fingerprint density at radius 3 is 2.33 bits per heavy atom. The highest BCUT2D eigenvalue weighted by atomic mass is 16.6. The van der Waals surface area contributed by atoms with Gasteiger partial charge < -0.3 is 14.4 Å². The highest BCUT2D eigenvalue weighted by Gasteiger charge is 2.45. The van der Waals surface area contributed by atoms with Gasteiger partial charge in [0.25, 0.3) is 0 Å². The highest BCUT2D eigenvalue weighted by Crippen LogP contribution is 2.35. The number of carbonyl (C=O) groups is 2. The van der Waals surface area contributed by atoms with E-state index >= 15 is 0 Å². The first-order valence-corrected chi connectivity index (χ1v) is 9.56. The monoisotopic (exact) mass is 374 g/mol. The van der Waals surface area contributed by atoms with Crippen molar-refractivity contribution in [3.63, 3.8) is 0 Å². The van der Waals surface area contributed by atoms with Crippen LogP contribution >= 0.6 is 0 Å². The van der Waals surface area contributed by atoms with Gasteiger partial charge in [-0.1, -0.05) is 12.1 Å². The van der Waals surface area contributed by atoms with Gasteiger partial charge in [-0.2, -0.15) is 0 Å². The molecule has 0 radical (unpaired) electrons. The van der Waals surface area contributed by atoms with Gasteiger partial charge in [0.2, 0.25) is 0 Å². The van der Waals surface area contributed by atoms with Crippen LogP contribution in [0.2, 0.25) is 0 Å². The van der Waals surface area contributed by atoms with Crippen LogP contribution in [-0.4, -0.2) is 61.8 Å². The topological polar surface area (TPSA) is 59.1 Å². The number of benzene rings is 1. The predicted molar refractivity (Wildman–Crippen MR) is 104 cm³/mol. The van der Waals surface area contributed by atoms with Crippen LogP contribution in [0.4, 0.5) is 10.5 Å². The minimum atomic E-state index is -0.536. The van der Waals surface area contributed by atoms with Gasteiger partial charge in [-0.05, 0) is 45.7 Å². The van der Waals surface area contributed by atoms with E-state index in [2.05, 4.69) is 0 Å². The molecule has 0 N–H and O–H groups in total.